The topological polar surface area (TPSA) is 95.1 Å². The molecule has 0 aliphatic heterocycles. The van der Waals surface area contributed by atoms with Gasteiger partial charge in [0.2, 0.25) is 0 Å². The van der Waals surface area contributed by atoms with Crippen LogP contribution in [0.5, 0.6) is 0 Å². The monoisotopic (exact) mass is 257 g/mol. The third kappa shape index (κ3) is 2.28. The Hall–Kier alpha value is -1.67. The third-order valence-corrected chi connectivity index (χ3v) is 3.28. The first-order valence-corrected chi connectivity index (χ1v) is 6.00. The largest absolute Gasteiger partial charge is 0.476 e. The summed E-state index contributed by atoms with van der Waals surface area (Å²) in [6.45, 7) is 0.376. The standard InChI is InChI=1S/C8H7N3O3S2/c12-7(13)5-6(16-3-10-5)9-1-4-2-15-8(14)11-4/h2-3,9H,1H2,(H,11,14)(H,12,13). The number of carbonyl (C=O) groups is 1. The van der Waals surface area contributed by atoms with Gasteiger partial charge in [-0.3, -0.25) is 4.79 Å². The van der Waals surface area contributed by atoms with E-state index in [0.717, 1.165) is 17.0 Å². The van der Waals surface area contributed by atoms with E-state index < -0.39 is 5.97 Å². The summed E-state index contributed by atoms with van der Waals surface area (Å²) in [5.41, 5.74) is 2.18. The lowest BCUT2D eigenvalue weighted by atomic mass is 10.4. The summed E-state index contributed by atoms with van der Waals surface area (Å²) in [6.07, 6.45) is 0. The van der Waals surface area contributed by atoms with Crippen LogP contribution in [-0.2, 0) is 6.54 Å². The Kier molecular flexibility index (Phi) is 3.02. The van der Waals surface area contributed by atoms with Crippen molar-refractivity contribution < 1.29 is 9.90 Å². The molecule has 0 aromatic carbocycles. The highest BCUT2D eigenvalue weighted by molar-refractivity contribution is 7.14. The van der Waals surface area contributed by atoms with Gasteiger partial charge in [-0.2, -0.15) is 0 Å². The number of aromatic carboxylic acids is 1. The zero-order valence-electron chi connectivity index (χ0n) is 7.89. The minimum Gasteiger partial charge on any atom is -0.476 e. The van der Waals surface area contributed by atoms with Crippen molar-refractivity contribution in [1.82, 2.24) is 9.97 Å². The van der Waals surface area contributed by atoms with Crippen molar-refractivity contribution in [2.24, 2.45) is 0 Å². The summed E-state index contributed by atoms with van der Waals surface area (Å²) in [5.74, 6) is -1.07. The molecule has 0 aliphatic rings. The van der Waals surface area contributed by atoms with Crippen molar-refractivity contribution >= 4 is 33.6 Å². The van der Waals surface area contributed by atoms with Gasteiger partial charge in [-0.25, -0.2) is 9.78 Å². The van der Waals surface area contributed by atoms with E-state index in [2.05, 4.69) is 15.3 Å². The number of nitrogens with zero attached hydrogens (tertiary/aromatic N) is 1. The fraction of sp³-hybridized carbons (Fsp3) is 0.125. The number of hydrogen-bond acceptors (Lipinski definition) is 6. The first kappa shape index (κ1) is 10.8. The Bertz CT molecular complexity index is 557. The number of aromatic nitrogens is 2. The number of H-pyrrole nitrogens is 1. The fourth-order valence-electron chi connectivity index (χ4n) is 1.10. The van der Waals surface area contributed by atoms with Crippen LogP contribution in [0.1, 0.15) is 16.2 Å². The van der Waals surface area contributed by atoms with Crippen molar-refractivity contribution in [2.45, 2.75) is 6.54 Å². The number of hydrogen-bond donors (Lipinski definition) is 3. The predicted octanol–water partition coefficient (Wildman–Crippen LogP) is 1.20. The molecule has 0 fully saturated rings. The first-order chi connectivity index (χ1) is 7.66. The van der Waals surface area contributed by atoms with Crippen molar-refractivity contribution in [3.8, 4) is 0 Å². The van der Waals surface area contributed by atoms with Crippen LogP contribution in [0.3, 0.4) is 0 Å². The molecule has 0 saturated carbocycles. The Morgan fingerprint density at radius 3 is 3.00 bits per heavy atom. The van der Waals surface area contributed by atoms with Crippen LogP contribution < -0.4 is 10.2 Å². The zero-order valence-corrected chi connectivity index (χ0v) is 9.52. The normalized spacial score (nSPS) is 10.2. The van der Waals surface area contributed by atoms with Crippen molar-refractivity contribution in [3.63, 3.8) is 0 Å². The molecule has 2 rings (SSSR count). The minimum absolute atomic E-state index is 0.00239. The van der Waals surface area contributed by atoms with Crippen LogP contribution in [0.2, 0.25) is 0 Å². The minimum atomic E-state index is -1.07. The second-order valence-electron chi connectivity index (χ2n) is 2.86. The van der Waals surface area contributed by atoms with Crippen molar-refractivity contribution in [2.75, 3.05) is 5.32 Å². The van der Waals surface area contributed by atoms with E-state index >= 15 is 0 Å². The van der Waals surface area contributed by atoms with Crippen molar-refractivity contribution in [3.05, 3.63) is 31.9 Å². The average Bonchev–Trinajstić information content (AvgIpc) is 2.83. The van der Waals surface area contributed by atoms with Crippen LogP contribution >= 0.6 is 22.7 Å². The molecule has 3 N–H and O–H groups in total. The molecule has 0 spiro atoms. The molecule has 2 aromatic heterocycles. The van der Waals surface area contributed by atoms with Crippen LogP contribution in [0.25, 0.3) is 0 Å². The summed E-state index contributed by atoms with van der Waals surface area (Å²) in [7, 11) is 0. The number of nitrogens with one attached hydrogen (secondary N) is 2. The van der Waals surface area contributed by atoms with Gasteiger partial charge in [-0.05, 0) is 0 Å². The van der Waals surface area contributed by atoms with E-state index in [-0.39, 0.29) is 10.6 Å². The molecule has 0 radical (unpaired) electrons. The summed E-state index contributed by atoms with van der Waals surface area (Å²) in [6, 6.07) is 0. The van der Waals surface area contributed by atoms with Crippen LogP contribution in [0, 0.1) is 0 Å². The maximum absolute atomic E-state index is 10.9. The number of thiazole rings is 2. The Morgan fingerprint density at radius 1 is 1.56 bits per heavy atom. The van der Waals surface area contributed by atoms with E-state index in [1.165, 1.54) is 16.8 Å². The fourth-order valence-corrected chi connectivity index (χ4v) is 2.35. The van der Waals surface area contributed by atoms with Crippen LogP contribution in [0.15, 0.2) is 15.7 Å². The Balaban J connectivity index is 2.07. The Labute approximate surface area is 97.6 Å². The molecular weight excluding hydrogens is 250 g/mol. The van der Waals surface area contributed by atoms with Gasteiger partial charge in [0.25, 0.3) is 0 Å². The Morgan fingerprint density at radius 2 is 2.38 bits per heavy atom. The molecule has 2 aromatic rings. The molecule has 0 bridgehead atoms. The van der Waals surface area contributed by atoms with Gasteiger partial charge in [0.1, 0.15) is 5.00 Å². The molecule has 0 unspecified atom stereocenters. The molecule has 16 heavy (non-hydrogen) atoms. The smallest absolute Gasteiger partial charge is 0.357 e. The number of carboxylic acids is 1. The maximum atomic E-state index is 10.9. The maximum Gasteiger partial charge on any atom is 0.357 e. The summed E-state index contributed by atoms with van der Waals surface area (Å²) >= 11 is 2.28. The number of carboxylic acid groups (broad SMARTS) is 1. The molecule has 84 valence electrons. The summed E-state index contributed by atoms with van der Waals surface area (Å²) in [5, 5.41) is 13.9. The van der Waals surface area contributed by atoms with E-state index in [1.54, 1.807) is 5.38 Å². The van der Waals surface area contributed by atoms with Gasteiger partial charge in [0, 0.05) is 11.1 Å². The summed E-state index contributed by atoms with van der Waals surface area (Å²) in [4.78, 5) is 27.8. The van der Waals surface area contributed by atoms with Gasteiger partial charge >= 0.3 is 10.8 Å². The van der Waals surface area contributed by atoms with Crippen molar-refractivity contribution in [1.29, 1.82) is 0 Å². The van der Waals surface area contributed by atoms with Gasteiger partial charge in [0.05, 0.1) is 12.1 Å². The highest BCUT2D eigenvalue weighted by Gasteiger charge is 2.12. The highest BCUT2D eigenvalue weighted by Crippen LogP contribution is 2.20. The molecule has 6 nitrogen and oxygen atoms in total. The molecule has 8 heteroatoms. The second kappa shape index (κ2) is 4.45. The molecule has 2 heterocycles. The van der Waals surface area contributed by atoms with E-state index in [1.807, 2.05) is 0 Å². The van der Waals surface area contributed by atoms with E-state index in [0.29, 0.717) is 11.5 Å². The average molecular weight is 257 g/mol. The van der Waals surface area contributed by atoms with Crippen LogP contribution in [0.4, 0.5) is 5.00 Å². The quantitative estimate of drug-likeness (QED) is 0.765. The molecule has 0 amide bonds. The lowest BCUT2D eigenvalue weighted by Crippen LogP contribution is -2.06. The molecule has 0 aliphatic carbocycles. The third-order valence-electron chi connectivity index (χ3n) is 1.78. The first-order valence-electron chi connectivity index (χ1n) is 4.24. The lowest BCUT2D eigenvalue weighted by molar-refractivity contribution is 0.0692. The lowest BCUT2D eigenvalue weighted by Gasteiger charge is -2.01. The van der Waals surface area contributed by atoms with Gasteiger partial charge in [0.15, 0.2) is 5.69 Å². The molecular formula is C8H7N3O3S2. The number of rotatable bonds is 4. The van der Waals surface area contributed by atoms with Gasteiger partial charge < -0.3 is 15.4 Å². The van der Waals surface area contributed by atoms with Crippen LogP contribution in [-0.4, -0.2) is 21.0 Å². The summed E-state index contributed by atoms with van der Waals surface area (Å²) < 4.78 is 0. The number of anilines is 1. The molecule has 0 atom stereocenters. The van der Waals surface area contributed by atoms with E-state index in [4.69, 9.17) is 5.11 Å². The zero-order chi connectivity index (χ0) is 11.5. The van der Waals surface area contributed by atoms with Gasteiger partial charge in [-0.15, -0.1) is 11.3 Å². The predicted molar refractivity (Wildman–Crippen MR) is 61.3 cm³/mol. The molecule has 0 saturated heterocycles. The van der Waals surface area contributed by atoms with E-state index in [9.17, 15) is 9.59 Å². The highest BCUT2D eigenvalue weighted by atomic mass is 32.1. The second-order valence-corrected chi connectivity index (χ2v) is 4.56. The number of aromatic amines is 1. The SMILES string of the molecule is O=C(O)c1ncsc1NCc1csc(=O)[nH]1. The van der Waals surface area contributed by atoms with Gasteiger partial charge in [-0.1, -0.05) is 11.3 Å².